The van der Waals surface area contributed by atoms with Gasteiger partial charge in [0.05, 0.1) is 22.0 Å². The minimum Gasteiger partial charge on any atom is -0.345 e. The Morgan fingerprint density at radius 2 is 1.74 bits per heavy atom. The van der Waals surface area contributed by atoms with Crippen molar-refractivity contribution >= 4 is 29.1 Å². The molecule has 0 radical (unpaired) electrons. The molecule has 4 aromatic rings. The van der Waals surface area contributed by atoms with Crippen LogP contribution in [0.2, 0.25) is 10.0 Å². The summed E-state index contributed by atoms with van der Waals surface area (Å²) in [5, 5.41) is 0.120. The Hall–Kier alpha value is -3.55. The number of amides is 1. The van der Waals surface area contributed by atoms with E-state index in [1.165, 1.54) is 54.0 Å². The zero-order chi connectivity index (χ0) is 27.3. The fourth-order valence-electron chi connectivity index (χ4n) is 4.84. The number of carbonyl (C=O) groups excluding carboxylic acids is 1. The van der Waals surface area contributed by atoms with E-state index in [4.69, 9.17) is 23.2 Å². The van der Waals surface area contributed by atoms with E-state index < -0.39 is 17.3 Å². The first-order valence-electron chi connectivity index (χ1n) is 11.9. The van der Waals surface area contributed by atoms with Crippen molar-refractivity contribution in [2.45, 2.75) is 25.2 Å². The smallest absolute Gasteiger partial charge is 0.274 e. The van der Waals surface area contributed by atoms with Gasteiger partial charge in [-0.3, -0.25) is 19.1 Å². The van der Waals surface area contributed by atoms with Crippen molar-refractivity contribution in [1.82, 2.24) is 14.5 Å². The third-order valence-electron chi connectivity index (χ3n) is 6.85. The maximum absolute atomic E-state index is 15.4. The molecule has 9 heteroatoms. The molecule has 5 nitrogen and oxygen atoms in total. The van der Waals surface area contributed by atoms with Crippen LogP contribution in [0.5, 0.6) is 0 Å². The number of hydrogen-bond donors (Lipinski definition) is 0. The molecule has 1 aliphatic carbocycles. The summed E-state index contributed by atoms with van der Waals surface area (Å²) in [7, 11) is 3.07. The fraction of sp³-hybridized carbons (Fsp3) is 0.207. The second-order valence-corrected chi connectivity index (χ2v) is 10.3. The molecular weight excluding hydrogens is 531 g/mol. The summed E-state index contributed by atoms with van der Waals surface area (Å²) in [5.74, 6) is -1.35. The molecule has 0 N–H and O–H groups in total. The van der Waals surface area contributed by atoms with Gasteiger partial charge in [-0.25, -0.2) is 8.78 Å². The van der Waals surface area contributed by atoms with Gasteiger partial charge in [-0.1, -0.05) is 41.4 Å². The highest BCUT2D eigenvalue weighted by Crippen LogP contribution is 2.55. The summed E-state index contributed by atoms with van der Waals surface area (Å²) in [4.78, 5) is 31.5. The van der Waals surface area contributed by atoms with E-state index in [9.17, 15) is 14.0 Å². The predicted molar refractivity (Wildman–Crippen MR) is 145 cm³/mol. The third-order valence-corrected chi connectivity index (χ3v) is 7.60. The monoisotopic (exact) mass is 553 g/mol. The molecule has 194 valence electrons. The maximum atomic E-state index is 15.4. The second-order valence-electron chi connectivity index (χ2n) is 9.56. The number of rotatable bonds is 5. The Morgan fingerprint density at radius 1 is 1.03 bits per heavy atom. The van der Waals surface area contributed by atoms with Crippen LogP contribution in [-0.4, -0.2) is 34.5 Å². The summed E-state index contributed by atoms with van der Waals surface area (Å²) >= 11 is 13.3. The van der Waals surface area contributed by atoms with E-state index in [-0.39, 0.29) is 44.5 Å². The van der Waals surface area contributed by atoms with E-state index >= 15 is 4.39 Å². The van der Waals surface area contributed by atoms with E-state index in [0.29, 0.717) is 11.4 Å². The van der Waals surface area contributed by atoms with Crippen molar-refractivity contribution in [2.24, 2.45) is 0 Å². The molecule has 0 unspecified atom stereocenters. The highest BCUT2D eigenvalue weighted by Gasteiger charge is 2.41. The number of carbonyl (C=O) groups is 1. The molecule has 0 spiro atoms. The van der Waals surface area contributed by atoms with Gasteiger partial charge in [0, 0.05) is 31.5 Å². The SMILES string of the molecule is Cc1cc([C@H]2C[C@@H]2c2ccc(F)cc2)c(Cl)c(=O)n1-c1ccnc(-c2cccc(C(=O)N(C)C)c2F)c1Cl. The number of halogens is 4. The third kappa shape index (κ3) is 4.50. The summed E-state index contributed by atoms with van der Waals surface area (Å²) in [6.45, 7) is 1.77. The molecule has 0 aliphatic heterocycles. The van der Waals surface area contributed by atoms with Crippen molar-refractivity contribution in [3.8, 4) is 16.9 Å². The van der Waals surface area contributed by atoms with Gasteiger partial charge >= 0.3 is 0 Å². The number of aryl methyl sites for hydroxylation is 1. The Balaban J connectivity index is 1.55. The van der Waals surface area contributed by atoms with E-state index in [1.54, 1.807) is 31.2 Å². The van der Waals surface area contributed by atoms with Crippen LogP contribution in [0.1, 0.15) is 45.4 Å². The molecule has 2 heterocycles. The van der Waals surface area contributed by atoms with E-state index in [0.717, 1.165) is 17.5 Å². The average Bonchev–Trinajstić information content (AvgIpc) is 3.68. The number of benzene rings is 2. The number of pyridine rings is 2. The Kier molecular flexibility index (Phi) is 6.84. The van der Waals surface area contributed by atoms with Gasteiger partial charge in [0.2, 0.25) is 0 Å². The van der Waals surface area contributed by atoms with Gasteiger partial charge in [-0.05, 0) is 72.7 Å². The Bertz CT molecular complexity index is 1630. The van der Waals surface area contributed by atoms with Crippen LogP contribution in [0.15, 0.2) is 65.6 Å². The van der Waals surface area contributed by atoms with Gasteiger partial charge in [0.25, 0.3) is 11.5 Å². The Morgan fingerprint density at radius 3 is 2.42 bits per heavy atom. The van der Waals surface area contributed by atoms with Crippen LogP contribution in [0.4, 0.5) is 8.78 Å². The van der Waals surface area contributed by atoms with E-state index in [2.05, 4.69) is 4.98 Å². The molecular formula is C29H23Cl2F2N3O2. The first-order valence-corrected chi connectivity index (χ1v) is 12.7. The van der Waals surface area contributed by atoms with Crippen LogP contribution in [0.3, 0.4) is 0 Å². The molecule has 0 saturated heterocycles. The lowest BCUT2D eigenvalue weighted by atomic mass is 10.0. The lowest BCUT2D eigenvalue weighted by Crippen LogP contribution is -2.23. The van der Waals surface area contributed by atoms with Crippen molar-refractivity contribution in [2.75, 3.05) is 14.1 Å². The summed E-state index contributed by atoms with van der Waals surface area (Å²) in [6, 6.07) is 14.2. The molecule has 2 aromatic heterocycles. The molecule has 2 atom stereocenters. The summed E-state index contributed by atoms with van der Waals surface area (Å²) in [6.07, 6.45) is 2.23. The molecule has 1 saturated carbocycles. The topological polar surface area (TPSA) is 55.2 Å². The number of hydrogen-bond acceptors (Lipinski definition) is 3. The zero-order valence-corrected chi connectivity index (χ0v) is 22.3. The van der Waals surface area contributed by atoms with Gasteiger partial charge in [0.15, 0.2) is 0 Å². The molecule has 1 aliphatic rings. The highest BCUT2D eigenvalue weighted by molar-refractivity contribution is 6.35. The molecule has 2 aromatic carbocycles. The summed E-state index contributed by atoms with van der Waals surface area (Å²) in [5.41, 5.74) is 2.18. The maximum Gasteiger partial charge on any atom is 0.274 e. The molecule has 5 rings (SSSR count). The second kappa shape index (κ2) is 9.97. The highest BCUT2D eigenvalue weighted by atomic mass is 35.5. The molecule has 0 bridgehead atoms. The normalized spacial score (nSPS) is 16.4. The molecule has 1 amide bonds. The van der Waals surface area contributed by atoms with Crippen molar-refractivity contribution in [3.05, 3.63) is 115 Å². The minimum absolute atomic E-state index is 0.0399. The van der Waals surface area contributed by atoms with Crippen LogP contribution in [0, 0.1) is 18.6 Å². The first-order chi connectivity index (χ1) is 18.1. The lowest BCUT2D eigenvalue weighted by molar-refractivity contribution is 0.0823. The van der Waals surface area contributed by atoms with Crippen molar-refractivity contribution < 1.29 is 13.6 Å². The van der Waals surface area contributed by atoms with Crippen molar-refractivity contribution in [1.29, 1.82) is 0 Å². The quantitative estimate of drug-likeness (QED) is 0.274. The van der Waals surface area contributed by atoms with Crippen LogP contribution < -0.4 is 5.56 Å². The van der Waals surface area contributed by atoms with Gasteiger partial charge in [0.1, 0.15) is 16.7 Å². The molecule has 1 fully saturated rings. The van der Waals surface area contributed by atoms with E-state index in [1.807, 2.05) is 6.07 Å². The lowest BCUT2D eigenvalue weighted by Gasteiger charge is -2.17. The van der Waals surface area contributed by atoms with Crippen LogP contribution in [-0.2, 0) is 0 Å². The predicted octanol–water partition coefficient (Wildman–Crippen LogP) is 6.77. The zero-order valence-electron chi connectivity index (χ0n) is 20.8. The fourth-order valence-corrected chi connectivity index (χ4v) is 5.41. The standard InChI is InChI=1S/C29H23Cl2F2N3O2/c1-15-13-22(21-14-20(21)16-7-9-17(32)10-8-16)24(30)29(38)36(15)23-11-12-34-27(25(23)31)18-5-4-6-19(26(18)33)28(37)35(2)3/h4-13,20-21H,14H2,1-3H3/t20-,21+/m1/s1. The average molecular weight is 554 g/mol. The number of aromatic nitrogens is 2. The van der Waals surface area contributed by atoms with Crippen molar-refractivity contribution in [3.63, 3.8) is 0 Å². The molecule has 38 heavy (non-hydrogen) atoms. The van der Waals surface area contributed by atoms with Crippen LogP contribution in [0.25, 0.3) is 16.9 Å². The van der Waals surface area contributed by atoms with Gasteiger partial charge < -0.3 is 4.90 Å². The van der Waals surface area contributed by atoms with Crippen LogP contribution >= 0.6 is 23.2 Å². The van der Waals surface area contributed by atoms with Gasteiger partial charge in [-0.15, -0.1) is 0 Å². The number of nitrogens with zero attached hydrogens (tertiary/aromatic N) is 3. The van der Waals surface area contributed by atoms with Gasteiger partial charge in [-0.2, -0.15) is 0 Å². The Labute approximate surface area is 228 Å². The first kappa shape index (κ1) is 26.1. The summed E-state index contributed by atoms with van der Waals surface area (Å²) < 4.78 is 30.1. The largest absolute Gasteiger partial charge is 0.345 e. The minimum atomic E-state index is -0.754.